The van der Waals surface area contributed by atoms with Crippen LogP contribution >= 0.6 is 34.2 Å². The molecule has 0 N–H and O–H groups in total. The fourth-order valence-corrected chi connectivity index (χ4v) is 3.13. The van der Waals surface area contributed by atoms with Gasteiger partial charge in [-0.3, -0.25) is 0 Å². The Balaban J connectivity index is 1.68. The molecule has 1 aromatic heterocycles. The van der Waals surface area contributed by atoms with Crippen LogP contribution in [0.3, 0.4) is 0 Å². The van der Waals surface area contributed by atoms with Crippen molar-refractivity contribution in [3.05, 3.63) is 45.4 Å². The molecule has 6 heteroatoms. The molecule has 3 rings (SSSR count). The van der Waals surface area contributed by atoms with E-state index in [-0.39, 0.29) is 0 Å². The van der Waals surface area contributed by atoms with E-state index in [2.05, 4.69) is 54.5 Å². The molecular formula is C14H14ClIN4. The highest BCUT2D eigenvalue weighted by atomic mass is 127. The van der Waals surface area contributed by atoms with Crippen LogP contribution in [0.1, 0.15) is 0 Å². The van der Waals surface area contributed by atoms with Gasteiger partial charge in [-0.05, 0) is 46.9 Å². The number of hydrogen-bond acceptors (Lipinski definition) is 4. The summed E-state index contributed by atoms with van der Waals surface area (Å²) in [6, 6.07) is 8.03. The Labute approximate surface area is 136 Å². The second-order valence-corrected chi connectivity index (χ2v) is 6.24. The van der Waals surface area contributed by atoms with Crippen molar-refractivity contribution < 1.29 is 0 Å². The summed E-state index contributed by atoms with van der Waals surface area (Å²) in [5.41, 5.74) is 1.23. The fourth-order valence-electron chi connectivity index (χ4n) is 2.37. The van der Waals surface area contributed by atoms with Crippen molar-refractivity contribution in [3.8, 4) is 0 Å². The van der Waals surface area contributed by atoms with Crippen LogP contribution in [0.25, 0.3) is 0 Å². The Morgan fingerprint density at radius 1 is 1.00 bits per heavy atom. The molecule has 0 bridgehead atoms. The first-order chi connectivity index (χ1) is 9.74. The molecule has 1 fully saturated rings. The summed E-state index contributed by atoms with van der Waals surface area (Å²) in [6.45, 7) is 3.91. The molecule has 0 aliphatic carbocycles. The lowest BCUT2D eigenvalue weighted by Crippen LogP contribution is -2.47. The molecule has 1 aliphatic rings. The van der Waals surface area contributed by atoms with Gasteiger partial charge in [-0.15, -0.1) is 0 Å². The average Bonchev–Trinajstić information content (AvgIpc) is 2.49. The number of nitrogens with zero attached hydrogens (tertiary/aromatic N) is 4. The van der Waals surface area contributed by atoms with Gasteiger partial charge in [0.2, 0.25) is 0 Å². The smallest absolute Gasteiger partial charge is 0.145 e. The van der Waals surface area contributed by atoms with Crippen LogP contribution in [0, 0.1) is 3.57 Å². The maximum Gasteiger partial charge on any atom is 0.145 e. The lowest BCUT2D eigenvalue weighted by molar-refractivity contribution is 0.645. The Morgan fingerprint density at radius 3 is 2.30 bits per heavy atom. The van der Waals surface area contributed by atoms with Gasteiger partial charge in [-0.1, -0.05) is 11.6 Å². The molecule has 2 heterocycles. The minimum atomic E-state index is 0.780. The first-order valence-electron chi connectivity index (χ1n) is 6.45. The average molecular weight is 401 g/mol. The number of hydrogen-bond donors (Lipinski definition) is 0. The van der Waals surface area contributed by atoms with Gasteiger partial charge in [0.15, 0.2) is 0 Å². The summed E-state index contributed by atoms with van der Waals surface area (Å²) in [7, 11) is 0. The number of halogens is 2. The van der Waals surface area contributed by atoms with Crippen LogP contribution in [0.5, 0.6) is 0 Å². The zero-order valence-corrected chi connectivity index (χ0v) is 13.8. The molecular weight excluding hydrogens is 387 g/mol. The van der Waals surface area contributed by atoms with Gasteiger partial charge >= 0.3 is 0 Å². The molecule has 2 aromatic rings. The monoisotopic (exact) mass is 400 g/mol. The summed E-state index contributed by atoms with van der Waals surface area (Å²) < 4.78 is 1.10. The quantitative estimate of drug-likeness (QED) is 0.725. The third-order valence-electron chi connectivity index (χ3n) is 3.42. The molecule has 4 nitrogen and oxygen atoms in total. The number of benzene rings is 1. The fraction of sp³-hybridized carbons (Fsp3) is 0.286. The van der Waals surface area contributed by atoms with Crippen LogP contribution in [0.4, 0.5) is 11.5 Å². The van der Waals surface area contributed by atoms with Crippen molar-refractivity contribution in [1.82, 2.24) is 9.97 Å². The van der Waals surface area contributed by atoms with Gasteiger partial charge in [-0.25, -0.2) is 9.97 Å². The predicted octanol–water partition coefficient (Wildman–Crippen LogP) is 3.06. The summed E-state index contributed by atoms with van der Waals surface area (Å²) >= 11 is 8.22. The van der Waals surface area contributed by atoms with E-state index in [0.29, 0.717) is 0 Å². The number of aromatic nitrogens is 2. The van der Waals surface area contributed by atoms with E-state index >= 15 is 0 Å². The van der Waals surface area contributed by atoms with Gasteiger partial charge in [-0.2, -0.15) is 0 Å². The van der Waals surface area contributed by atoms with E-state index in [1.165, 1.54) is 5.69 Å². The Kier molecular flexibility index (Phi) is 4.26. The lowest BCUT2D eigenvalue weighted by Gasteiger charge is -2.37. The van der Waals surface area contributed by atoms with Crippen LogP contribution < -0.4 is 9.80 Å². The second-order valence-electron chi connectivity index (χ2n) is 4.64. The van der Waals surface area contributed by atoms with Crippen LogP contribution in [0.15, 0.2) is 36.8 Å². The maximum atomic E-state index is 5.93. The molecule has 1 saturated heterocycles. The van der Waals surface area contributed by atoms with E-state index < -0.39 is 0 Å². The number of rotatable bonds is 2. The minimum Gasteiger partial charge on any atom is -0.368 e. The number of piperazine rings is 1. The summed E-state index contributed by atoms with van der Waals surface area (Å²) in [6.07, 6.45) is 3.47. The highest BCUT2D eigenvalue weighted by molar-refractivity contribution is 14.1. The normalized spacial score (nSPS) is 15.5. The highest BCUT2D eigenvalue weighted by Gasteiger charge is 2.19. The molecule has 1 aliphatic heterocycles. The van der Waals surface area contributed by atoms with Crippen molar-refractivity contribution in [3.63, 3.8) is 0 Å². The van der Waals surface area contributed by atoms with Gasteiger partial charge in [0, 0.05) is 43.1 Å². The molecule has 0 amide bonds. The molecule has 0 atom stereocenters. The predicted molar refractivity (Wildman–Crippen MR) is 90.6 cm³/mol. The van der Waals surface area contributed by atoms with Crippen LogP contribution in [-0.4, -0.2) is 36.1 Å². The van der Waals surface area contributed by atoms with Crippen molar-refractivity contribution >= 4 is 45.7 Å². The van der Waals surface area contributed by atoms with Crippen molar-refractivity contribution in [2.24, 2.45) is 0 Å². The topological polar surface area (TPSA) is 32.3 Å². The SMILES string of the molecule is Clc1ccc(N2CCN(c3ncncc3I)CC2)cc1. The van der Waals surface area contributed by atoms with E-state index in [0.717, 1.165) is 40.6 Å². The maximum absolute atomic E-state index is 5.93. The standard InChI is InChI=1S/C14H14ClIN4/c15-11-1-3-12(4-2-11)19-5-7-20(8-6-19)14-13(16)9-17-10-18-14/h1-4,9-10H,5-8H2. The molecule has 104 valence electrons. The highest BCUT2D eigenvalue weighted by Crippen LogP contribution is 2.23. The van der Waals surface area contributed by atoms with Gasteiger partial charge in [0.05, 0.1) is 3.57 Å². The second kappa shape index (κ2) is 6.13. The van der Waals surface area contributed by atoms with E-state index in [9.17, 15) is 0 Å². The van der Waals surface area contributed by atoms with Crippen molar-refractivity contribution in [2.45, 2.75) is 0 Å². The first-order valence-corrected chi connectivity index (χ1v) is 7.91. The lowest BCUT2D eigenvalue weighted by atomic mass is 10.2. The summed E-state index contributed by atoms with van der Waals surface area (Å²) in [5, 5.41) is 0.780. The van der Waals surface area contributed by atoms with Gasteiger partial charge < -0.3 is 9.80 Å². The third kappa shape index (κ3) is 2.98. The third-order valence-corrected chi connectivity index (χ3v) is 4.43. The van der Waals surface area contributed by atoms with Crippen LogP contribution in [0.2, 0.25) is 5.02 Å². The molecule has 0 saturated carbocycles. The molecule has 0 spiro atoms. The number of anilines is 2. The van der Waals surface area contributed by atoms with E-state index in [1.807, 2.05) is 18.3 Å². The van der Waals surface area contributed by atoms with Gasteiger partial charge in [0.25, 0.3) is 0 Å². The largest absolute Gasteiger partial charge is 0.368 e. The van der Waals surface area contributed by atoms with Crippen LogP contribution in [-0.2, 0) is 0 Å². The Bertz CT molecular complexity index is 582. The van der Waals surface area contributed by atoms with E-state index in [1.54, 1.807) is 6.33 Å². The Morgan fingerprint density at radius 2 is 1.65 bits per heavy atom. The molecule has 20 heavy (non-hydrogen) atoms. The van der Waals surface area contributed by atoms with Crippen molar-refractivity contribution in [1.29, 1.82) is 0 Å². The zero-order chi connectivity index (χ0) is 13.9. The Hall–Kier alpha value is -1.08. The minimum absolute atomic E-state index is 0.780. The molecule has 0 radical (unpaired) electrons. The van der Waals surface area contributed by atoms with E-state index in [4.69, 9.17) is 11.6 Å². The van der Waals surface area contributed by atoms with Gasteiger partial charge in [0.1, 0.15) is 12.1 Å². The molecule has 1 aromatic carbocycles. The first kappa shape index (κ1) is 13.9. The van der Waals surface area contributed by atoms with Crippen molar-refractivity contribution in [2.75, 3.05) is 36.0 Å². The zero-order valence-electron chi connectivity index (χ0n) is 10.8. The molecule has 0 unspecified atom stereocenters. The summed E-state index contributed by atoms with van der Waals surface area (Å²) in [4.78, 5) is 13.1. The summed E-state index contributed by atoms with van der Waals surface area (Å²) in [5.74, 6) is 1.04.